The second-order valence-electron chi connectivity index (χ2n) is 8.22. The third-order valence-electron chi connectivity index (χ3n) is 5.71. The van der Waals surface area contributed by atoms with Crippen LogP contribution in [0.3, 0.4) is 0 Å². The molecule has 0 radical (unpaired) electrons. The molecule has 4 aromatic rings. The smallest absolute Gasteiger partial charge is 0.744 e. The summed E-state index contributed by atoms with van der Waals surface area (Å²) in [4.78, 5) is 11.5. The molecule has 0 aliphatic heterocycles. The molecule has 4 aromatic carbocycles. The normalized spacial score (nSPS) is 11.7. The minimum absolute atomic E-state index is 0. The summed E-state index contributed by atoms with van der Waals surface area (Å²) in [6, 6.07) is 12.3. The summed E-state index contributed by atoms with van der Waals surface area (Å²) in [5.41, 5.74) is -1.25. The van der Waals surface area contributed by atoms with Crippen molar-refractivity contribution in [3.8, 4) is 17.2 Å². The molecule has 0 saturated heterocycles. The number of ether oxygens (including phenoxy) is 2. The van der Waals surface area contributed by atoms with Crippen molar-refractivity contribution in [2.75, 3.05) is 19.5 Å². The molecule has 0 spiro atoms. The number of nitrogens with one attached hydrogen (secondary N) is 1. The van der Waals surface area contributed by atoms with Crippen molar-refractivity contribution in [3.05, 3.63) is 71.2 Å². The van der Waals surface area contributed by atoms with Crippen molar-refractivity contribution < 1.29 is 45.3 Å². The Labute approximate surface area is 285 Å². The van der Waals surface area contributed by atoms with Gasteiger partial charge in [0.05, 0.1) is 40.3 Å². The molecule has 2 N–H and O–H groups in total. The maximum absolute atomic E-state index is 13.3. The van der Waals surface area contributed by atoms with Gasteiger partial charge in [-0.2, -0.15) is 0 Å². The number of nitrogens with zero attached hydrogens (tertiary/aromatic N) is 2. The van der Waals surface area contributed by atoms with Gasteiger partial charge in [-0.25, -0.2) is 16.8 Å². The predicted octanol–water partition coefficient (Wildman–Crippen LogP) is 4.31. The van der Waals surface area contributed by atoms with Gasteiger partial charge in [0, 0.05) is 11.5 Å². The maximum atomic E-state index is 13.3. The summed E-state index contributed by atoms with van der Waals surface area (Å²) in [5.74, 6) is -1.04. The number of phenols is 1. The Hall–Kier alpha value is -2.71. The van der Waals surface area contributed by atoms with Gasteiger partial charge in [-0.1, -0.05) is 35.9 Å². The van der Waals surface area contributed by atoms with E-state index in [1.54, 1.807) is 18.2 Å². The van der Waals surface area contributed by atoms with Crippen LogP contribution in [0.4, 0.5) is 17.1 Å². The van der Waals surface area contributed by atoms with Gasteiger partial charge in [0.1, 0.15) is 43.1 Å². The van der Waals surface area contributed by atoms with E-state index in [1.165, 1.54) is 38.5 Å². The van der Waals surface area contributed by atoms with Crippen LogP contribution < -0.4 is 14.8 Å². The van der Waals surface area contributed by atoms with Crippen molar-refractivity contribution in [2.45, 2.75) is 9.79 Å². The molecular formula is C25H18BaClN3O10S2. The first kappa shape index (κ1) is 33.8. The molecule has 17 heteroatoms. The largest absolute Gasteiger partial charge is 2.00 e. The molecular weight excluding hydrogens is 739 g/mol. The average molecular weight is 757 g/mol. The standard InChI is InChI=1S/C25H20ClN3O10S2.Ba/c1-38-20-12-21(39-2)18(11-17(20)26)27-25(31)16-9-13-5-3-4-6-15(13)23(24(16)30)29-28-19-10-14(40(32,33)34)7-8-22(19)41(35,36)37;/h3-12,30H,1-2H3,(H,27,31)(H,32,33,34)(H,35,36,37);/q;+2/p-2. The fourth-order valence-corrected chi connectivity index (χ4v) is 5.11. The number of carbonyl (C=O) groups excluding carboxylic acids is 1. The van der Waals surface area contributed by atoms with Crippen LogP contribution in [0.25, 0.3) is 10.8 Å². The van der Waals surface area contributed by atoms with Gasteiger partial charge < -0.3 is 29.0 Å². The molecule has 0 aromatic heterocycles. The maximum Gasteiger partial charge on any atom is 2.00 e. The fourth-order valence-electron chi connectivity index (χ4n) is 3.79. The van der Waals surface area contributed by atoms with E-state index in [1.807, 2.05) is 0 Å². The third-order valence-corrected chi connectivity index (χ3v) is 7.72. The van der Waals surface area contributed by atoms with Crippen LogP contribution >= 0.6 is 11.6 Å². The number of phenolic OH excluding ortho intramolecular Hbond substituents is 1. The Morgan fingerprint density at radius 1 is 0.905 bits per heavy atom. The summed E-state index contributed by atoms with van der Waals surface area (Å²) >= 11 is 6.18. The molecule has 0 heterocycles. The molecule has 0 atom stereocenters. The van der Waals surface area contributed by atoms with Gasteiger partial charge in [0.25, 0.3) is 5.91 Å². The zero-order valence-corrected chi connectivity index (χ0v) is 28.5. The van der Waals surface area contributed by atoms with Gasteiger partial charge in [-0.05, 0) is 35.7 Å². The van der Waals surface area contributed by atoms with E-state index in [-0.39, 0.29) is 87.7 Å². The summed E-state index contributed by atoms with van der Waals surface area (Å²) in [6.45, 7) is 0. The SMILES string of the molecule is COc1cc(OC)c(NC(=O)c2cc3ccccc3c(N=Nc3cc(S(=O)(=O)[O-])ccc3S(=O)(=O)[O-])c2O)cc1Cl.[Ba+2]. The molecule has 214 valence electrons. The van der Waals surface area contributed by atoms with E-state index in [9.17, 15) is 35.8 Å². The van der Waals surface area contributed by atoms with Crippen molar-refractivity contribution in [1.82, 2.24) is 0 Å². The fraction of sp³-hybridized carbons (Fsp3) is 0.0800. The number of rotatable bonds is 8. The molecule has 4 rings (SSSR count). The van der Waals surface area contributed by atoms with Crippen molar-refractivity contribution in [1.29, 1.82) is 0 Å². The van der Waals surface area contributed by atoms with Crippen molar-refractivity contribution in [2.24, 2.45) is 10.2 Å². The molecule has 1 amide bonds. The zero-order valence-electron chi connectivity index (χ0n) is 21.7. The van der Waals surface area contributed by atoms with E-state index >= 15 is 0 Å². The molecule has 0 fully saturated rings. The number of carbonyl (C=O) groups is 1. The van der Waals surface area contributed by atoms with E-state index in [0.29, 0.717) is 23.6 Å². The number of methoxy groups -OCH3 is 2. The van der Waals surface area contributed by atoms with E-state index in [0.717, 1.165) is 0 Å². The third kappa shape index (κ3) is 7.25. The van der Waals surface area contributed by atoms with E-state index in [2.05, 4.69) is 15.5 Å². The summed E-state index contributed by atoms with van der Waals surface area (Å²) < 4.78 is 80.0. The molecule has 0 aliphatic carbocycles. The molecule has 0 saturated carbocycles. The van der Waals surface area contributed by atoms with Crippen molar-refractivity contribution in [3.63, 3.8) is 0 Å². The minimum Gasteiger partial charge on any atom is -0.744 e. The van der Waals surface area contributed by atoms with E-state index in [4.69, 9.17) is 21.1 Å². The Bertz CT molecular complexity index is 1950. The van der Waals surface area contributed by atoms with Crippen LogP contribution in [0.1, 0.15) is 10.4 Å². The molecule has 42 heavy (non-hydrogen) atoms. The first-order valence-corrected chi connectivity index (χ1v) is 14.4. The minimum atomic E-state index is -5.18. The number of halogens is 1. The molecule has 13 nitrogen and oxygen atoms in total. The number of benzene rings is 4. The Kier molecular flexibility index (Phi) is 10.7. The van der Waals surface area contributed by atoms with Crippen LogP contribution in [-0.2, 0) is 20.2 Å². The van der Waals surface area contributed by atoms with Crippen LogP contribution in [0.5, 0.6) is 17.2 Å². The van der Waals surface area contributed by atoms with Crippen LogP contribution in [0.15, 0.2) is 80.7 Å². The van der Waals surface area contributed by atoms with Crippen LogP contribution in [0, 0.1) is 0 Å². The van der Waals surface area contributed by atoms with E-state index < -0.39 is 47.4 Å². The number of amides is 1. The number of anilines is 1. The number of fused-ring (bicyclic) bond motifs is 1. The summed E-state index contributed by atoms with van der Waals surface area (Å²) in [6.07, 6.45) is 0. The van der Waals surface area contributed by atoms with Crippen molar-refractivity contribution >= 4 is 114 Å². The number of hydrogen-bond donors (Lipinski definition) is 2. The second-order valence-corrected chi connectivity index (χ2v) is 11.4. The quantitative estimate of drug-likeness (QED) is 0.148. The average Bonchev–Trinajstić information content (AvgIpc) is 2.91. The van der Waals surface area contributed by atoms with Gasteiger partial charge in [0.2, 0.25) is 0 Å². The molecule has 0 aliphatic rings. The molecule has 0 bridgehead atoms. The first-order valence-electron chi connectivity index (χ1n) is 11.2. The Balaban J connectivity index is 0.00000484. The first-order chi connectivity index (χ1) is 19.2. The van der Waals surface area contributed by atoms with Gasteiger partial charge in [-0.15, -0.1) is 10.2 Å². The number of azo groups is 1. The Morgan fingerprint density at radius 2 is 1.57 bits per heavy atom. The molecule has 0 unspecified atom stereocenters. The van der Waals surface area contributed by atoms with Gasteiger partial charge in [0.15, 0.2) is 5.75 Å². The van der Waals surface area contributed by atoms with Crippen LogP contribution in [0.2, 0.25) is 5.02 Å². The summed E-state index contributed by atoms with van der Waals surface area (Å²) in [7, 11) is -7.48. The number of hydrogen-bond acceptors (Lipinski definition) is 12. The summed E-state index contributed by atoms with van der Waals surface area (Å²) in [5, 5.41) is 22.0. The topological polar surface area (TPSA) is 207 Å². The van der Waals surface area contributed by atoms with Gasteiger partial charge in [-0.3, -0.25) is 4.79 Å². The van der Waals surface area contributed by atoms with Crippen LogP contribution in [-0.4, -0.2) is 100 Å². The number of aromatic hydroxyl groups is 1. The van der Waals surface area contributed by atoms with Gasteiger partial charge >= 0.3 is 48.9 Å². The monoisotopic (exact) mass is 757 g/mol. The Morgan fingerprint density at radius 3 is 2.19 bits per heavy atom. The zero-order chi connectivity index (χ0) is 30.1. The second kappa shape index (κ2) is 13.3. The predicted molar refractivity (Wildman–Crippen MR) is 150 cm³/mol.